The summed E-state index contributed by atoms with van der Waals surface area (Å²) in [6.07, 6.45) is 0.445. The van der Waals surface area contributed by atoms with Gasteiger partial charge < -0.3 is 10.6 Å². The van der Waals surface area contributed by atoms with E-state index in [1.165, 1.54) is 12.1 Å². The van der Waals surface area contributed by atoms with Crippen LogP contribution in [-0.4, -0.2) is 39.4 Å². The molecule has 0 spiro atoms. The molecule has 0 aliphatic rings. The quantitative estimate of drug-likeness (QED) is 0.469. The fraction of sp³-hybridized carbons (Fsp3) is 0.364. The molecular formula is C22H28ClN3O4S. The lowest BCUT2D eigenvalue weighted by Crippen LogP contribution is -2.48. The van der Waals surface area contributed by atoms with Crippen LogP contribution in [0.15, 0.2) is 53.4 Å². The topological polar surface area (TPSA) is 104 Å². The van der Waals surface area contributed by atoms with Crippen molar-refractivity contribution in [3.05, 3.63) is 64.7 Å². The Kier molecular flexibility index (Phi) is 9.03. The maximum atomic E-state index is 12.6. The van der Waals surface area contributed by atoms with Crippen molar-refractivity contribution in [1.29, 1.82) is 0 Å². The van der Waals surface area contributed by atoms with Crippen LogP contribution < -0.4 is 15.4 Å². The van der Waals surface area contributed by atoms with Crippen molar-refractivity contribution in [3.63, 3.8) is 0 Å². The molecule has 3 N–H and O–H groups in total. The Morgan fingerprint density at radius 1 is 0.968 bits per heavy atom. The molecule has 0 radical (unpaired) electrons. The monoisotopic (exact) mass is 465 g/mol. The minimum atomic E-state index is -3.65. The molecule has 0 aliphatic heterocycles. The van der Waals surface area contributed by atoms with Crippen LogP contribution in [0.5, 0.6) is 0 Å². The molecule has 1 unspecified atom stereocenters. The van der Waals surface area contributed by atoms with Crippen molar-refractivity contribution in [2.75, 3.05) is 13.1 Å². The van der Waals surface area contributed by atoms with E-state index in [0.29, 0.717) is 17.0 Å². The Morgan fingerprint density at radius 2 is 1.58 bits per heavy atom. The van der Waals surface area contributed by atoms with Crippen LogP contribution in [0.25, 0.3) is 0 Å². The number of benzene rings is 2. The first-order valence-corrected chi connectivity index (χ1v) is 11.8. The van der Waals surface area contributed by atoms with Gasteiger partial charge in [0.1, 0.15) is 6.04 Å². The van der Waals surface area contributed by atoms with Gasteiger partial charge in [-0.3, -0.25) is 9.59 Å². The maximum absolute atomic E-state index is 12.6. The second kappa shape index (κ2) is 11.3. The van der Waals surface area contributed by atoms with E-state index in [0.717, 1.165) is 5.56 Å². The highest BCUT2D eigenvalue weighted by atomic mass is 35.5. The second-order valence-electron chi connectivity index (χ2n) is 7.66. The van der Waals surface area contributed by atoms with E-state index in [4.69, 9.17) is 11.6 Å². The molecule has 0 saturated carbocycles. The number of halogens is 1. The lowest BCUT2D eigenvalue weighted by Gasteiger charge is -2.20. The van der Waals surface area contributed by atoms with Crippen LogP contribution in [0.4, 0.5) is 0 Å². The predicted molar refractivity (Wildman–Crippen MR) is 122 cm³/mol. The maximum Gasteiger partial charge on any atom is 0.251 e. The zero-order chi connectivity index (χ0) is 23.0. The van der Waals surface area contributed by atoms with E-state index >= 15 is 0 Å². The van der Waals surface area contributed by atoms with Crippen molar-refractivity contribution < 1.29 is 18.0 Å². The van der Waals surface area contributed by atoms with E-state index in [9.17, 15) is 18.0 Å². The zero-order valence-electron chi connectivity index (χ0n) is 17.8. The molecule has 0 aliphatic carbocycles. The predicted octanol–water partition coefficient (Wildman–Crippen LogP) is 2.89. The number of carbonyl (C=O) groups excluding carboxylic acids is 2. The summed E-state index contributed by atoms with van der Waals surface area (Å²) in [6, 6.07) is 12.1. The van der Waals surface area contributed by atoms with Crippen molar-refractivity contribution in [1.82, 2.24) is 15.4 Å². The molecule has 0 saturated heterocycles. The first-order valence-electron chi connectivity index (χ1n) is 9.99. The molecule has 2 rings (SSSR count). The molecule has 2 aromatic rings. The van der Waals surface area contributed by atoms with Gasteiger partial charge in [-0.25, -0.2) is 13.1 Å². The summed E-state index contributed by atoms with van der Waals surface area (Å²) in [5.41, 5.74) is 1.36. The van der Waals surface area contributed by atoms with Gasteiger partial charge in [0, 0.05) is 23.7 Å². The van der Waals surface area contributed by atoms with Crippen LogP contribution in [0.1, 0.15) is 36.2 Å². The Hall–Kier alpha value is -2.42. The Balaban J connectivity index is 1.90. The minimum absolute atomic E-state index is 0.0292. The first-order chi connectivity index (χ1) is 14.6. The molecule has 0 fully saturated rings. The molecule has 0 aromatic heterocycles. The normalized spacial score (nSPS) is 12.4. The molecule has 2 amide bonds. The fourth-order valence-electron chi connectivity index (χ4n) is 2.84. The van der Waals surface area contributed by atoms with E-state index in [2.05, 4.69) is 15.4 Å². The van der Waals surface area contributed by atoms with Crippen LogP contribution in [0.2, 0.25) is 5.02 Å². The third-order valence-corrected chi connectivity index (χ3v) is 6.21. The second-order valence-corrected chi connectivity index (χ2v) is 9.87. The third-order valence-electron chi connectivity index (χ3n) is 4.48. The minimum Gasteiger partial charge on any atom is -0.353 e. The molecule has 0 bridgehead atoms. The van der Waals surface area contributed by atoms with Crippen molar-refractivity contribution in [2.24, 2.45) is 5.92 Å². The van der Waals surface area contributed by atoms with Crippen molar-refractivity contribution in [3.8, 4) is 0 Å². The standard InChI is InChI=1S/C22H28ClN3O4S/c1-15(2)14-20(26-21(27)17-6-8-18(23)9-7-17)22(28)24-12-13-25-31(29,30)19-10-4-16(3)5-11-19/h4-11,15,20,25H,12-14H2,1-3H3,(H,24,28)(H,26,27). The van der Waals surface area contributed by atoms with E-state index < -0.39 is 16.1 Å². The number of hydrogen-bond donors (Lipinski definition) is 3. The number of hydrogen-bond acceptors (Lipinski definition) is 4. The molecule has 31 heavy (non-hydrogen) atoms. The Bertz CT molecular complexity index is 990. The number of sulfonamides is 1. The lowest BCUT2D eigenvalue weighted by molar-refractivity contribution is -0.123. The fourth-order valence-corrected chi connectivity index (χ4v) is 4.00. The average Bonchev–Trinajstić information content (AvgIpc) is 2.71. The molecule has 2 aromatic carbocycles. The molecule has 168 valence electrons. The third kappa shape index (κ3) is 7.97. The summed E-state index contributed by atoms with van der Waals surface area (Å²) in [5.74, 6) is -0.579. The van der Waals surface area contributed by atoms with E-state index in [-0.39, 0.29) is 35.7 Å². The molecule has 1 atom stereocenters. The molecule has 7 nitrogen and oxygen atoms in total. The Labute approximate surface area is 188 Å². The van der Waals surface area contributed by atoms with Crippen LogP contribution in [-0.2, 0) is 14.8 Å². The van der Waals surface area contributed by atoms with Gasteiger partial charge in [-0.1, -0.05) is 43.1 Å². The van der Waals surface area contributed by atoms with Crippen molar-refractivity contribution in [2.45, 2.75) is 38.1 Å². The van der Waals surface area contributed by atoms with Gasteiger partial charge in [0.2, 0.25) is 15.9 Å². The summed E-state index contributed by atoms with van der Waals surface area (Å²) < 4.78 is 27.1. The van der Waals surface area contributed by atoms with Crippen LogP contribution in [0, 0.1) is 12.8 Å². The van der Waals surface area contributed by atoms with Gasteiger partial charge in [0.15, 0.2) is 0 Å². The number of carbonyl (C=O) groups is 2. The number of nitrogens with one attached hydrogen (secondary N) is 3. The molecule has 0 heterocycles. The highest BCUT2D eigenvalue weighted by molar-refractivity contribution is 7.89. The van der Waals surface area contributed by atoms with Crippen LogP contribution in [0.3, 0.4) is 0 Å². The SMILES string of the molecule is Cc1ccc(S(=O)(=O)NCCNC(=O)C(CC(C)C)NC(=O)c2ccc(Cl)cc2)cc1. The van der Waals surface area contributed by atoms with Crippen molar-refractivity contribution >= 4 is 33.4 Å². The number of amides is 2. The van der Waals surface area contributed by atoms with Gasteiger partial charge in [-0.15, -0.1) is 0 Å². The summed E-state index contributed by atoms with van der Waals surface area (Å²) in [6.45, 7) is 5.89. The smallest absolute Gasteiger partial charge is 0.251 e. The number of rotatable bonds is 10. The highest BCUT2D eigenvalue weighted by Gasteiger charge is 2.22. The zero-order valence-corrected chi connectivity index (χ0v) is 19.4. The largest absolute Gasteiger partial charge is 0.353 e. The van der Waals surface area contributed by atoms with Crippen LogP contribution >= 0.6 is 11.6 Å². The lowest BCUT2D eigenvalue weighted by atomic mass is 10.0. The van der Waals surface area contributed by atoms with E-state index in [1.807, 2.05) is 20.8 Å². The molecule has 9 heteroatoms. The summed E-state index contributed by atoms with van der Waals surface area (Å²) in [4.78, 5) is 25.2. The van der Waals surface area contributed by atoms with Gasteiger partial charge in [-0.05, 0) is 55.7 Å². The number of aryl methyl sites for hydroxylation is 1. The van der Waals surface area contributed by atoms with Gasteiger partial charge in [0.05, 0.1) is 4.90 Å². The summed E-state index contributed by atoms with van der Waals surface area (Å²) in [5, 5.41) is 5.94. The average molecular weight is 466 g/mol. The molecular weight excluding hydrogens is 438 g/mol. The van der Waals surface area contributed by atoms with Gasteiger partial charge in [-0.2, -0.15) is 0 Å². The van der Waals surface area contributed by atoms with E-state index in [1.54, 1.807) is 36.4 Å². The highest BCUT2D eigenvalue weighted by Crippen LogP contribution is 2.11. The first kappa shape index (κ1) is 24.8. The Morgan fingerprint density at radius 3 is 2.16 bits per heavy atom. The summed E-state index contributed by atoms with van der Waals surface area (Å²) >= 11 is 5.85. The van der Waals surface area contributed by atoms with Gasteiger partial charge in [0.25, 0.3) is 5.91 Å². The summed E-state index contributed by atoms with van der Waals surface area (Å²) in [7, 11) is -3.65. The van der Waals surface area contributed by atoms with Gasteiger partial charge >= 0.3 is 0 Å².